The van der Waals surface area contributed by atoms with Gasteiger partial charge >= 0.3 is 0 Å². The Bertz CT molecular complexity index is 1070. The fraction of sp³-hybridized carbons (Fsp3) is 0.577. The van der Waals surface area contributed by atoms with Crippen LogP contribution in [0.4, 0.5) is 11.6 Å². The number of piperidine rings is 1. The lowest BCUT2D eigenvalue weighted by Crippen LogP contribution is -2.58. The van der Waals surface area contributed by atoms with E-state index in [-0.39, 0.29) is 28.1 Å². The molecular formula is C26H37Cl2N7O. The highest BCUT2D eigenvalue weighted by atomic mass is 35.5. The molecule has 0 unspecified atom stereocenters. The molecule has 0 bridgehead atoms. The van der Waals surface area contributed by atoms with Crippen LogP contribution in [0.15, 0.2) is 24.3 Å². The summed E-state index contributed by atoms with van der Waals surface area (Å²) in [5.41, 5.74) is 7.40. The van der Waals surface area contributed by atoms with Crippen molar-refractivity contribution in [2.45, 2.75) is 58.2 Å². The second-order valence-electron chi connectivity index (χ2n) is 10.2. The molecule has 0 spiro atoms. The first-order valence-electron chi connectivity index (χ1n) is 12.7. The number of carbonyl (C=O) groups is 1. The standard InChI is InChI=1S/C26H37Cl2N7O/c1-5-30-25(36)21-23(29)32-24(22(28)31-21)33-14-15-35(17(2)16-33)20-10-12-34(13-11-20)26(3,4)18-6-8-19(27)9-7-18/h6-9,17,20H,5,10-16H2,1-4H3,(H2,29,32)(H,30,36)/t17-/m0/s1. The van der Waals surface area contributed by atoms with Crippen LogP contribution >= 0.6 is 23.2 Å². The van der Waals surface area contributed by atoms with E-state index < -0.39 is 0 Å². The number of likely N-dealkylation sites (tertiary alicyclic amines) is 1. The van der Waals surface area contributed by atoms with Crippen molar-refractivity contribution in [1.29, 1.82) is 0 Å². The molecule has 1 aromatic carbocycles. The van der Waals surface area contributed by atoms with E-state index >= 15 is 0 Å². The highest BCUT2D eigenvalue weighted by Gasteiger charge is 2.37. The Morgan fingerprint density at radius 1 is 1.11 bits per heavy atom. The first-order valence-corrected chi connectivity index (χ1v) is 13.5. The summed E-state index contributed by atoms with van der Waals surface area (Å²) in [6.07, 6.45) is 2.27. The molecule has 2 fully saturated rings. The largest absolute Gasteiger partial charge is 0.382 e. The van der Waals surface area contributed by atoms with Crippen molar-refractivity contribution >= 4 is 40.7 Å². The smallest absolute Gasteiger partial charge is 0.273 e. The van der Waals surface area contributed by atoms with Gasteiger partial charge in [0.05, 0.1) is 0 Å². The lowest BCUT2D eigenvalue weighted by molar-refractivity contribution is 0.0290. The number of halogens is 2. The summed E-state index contributed by atoms with van der Waals surface area (Å²) < 4.78 is 0. The normalized spacial score (nSPS) is 20.5. The van der Waals surface area contributed by atoms with Crippen molar-refractivity contribution in [1.82, 2.24) is 25.1 Å². The summed E-state index contributed by atoms with van der Waals surface area (Å²) in [5.74, 6) is 0.291. The van der Waals surface area contributed by atoms with Gasteiger partial charge in [-0.15, -0.1) is 0 Å². The summed E-state index contributed by atoms with van der Waals surface area (Å²) in [4.78, 5) is 28.2. The van der Waals surface area contributed by atoms with Gasteiger partial charge in [0.25, 0.3) is 5.91 Å². The third-order valence-electron chi connectivity index (χ3n) is 7.67. The van der Waals surface area contributed by atoms with E-state index in [4.69, 9.17) is 28.9 Å². The number of anilines is 2. The predicted octanol–water partition coefficient (Wildman–Crippen LogP) is 4.03. The van der Waals surface area contributed by atoms with Crippen LogP contribution in [0.3, 0.4) is 0 Å². The number of aromatic nitrogens is 2. The lowest BCUT2D eigenvalue weighted by Gasteiger charge is -2.49. The third kappa shape index (κ3) is 5.57. The maximum atomic E-state index is 12.2. The molecule has 1 amide bonds. The van der Waals surface area contributed by atoms with Gasteiger partial charge in [-0.3, -0.25) is 14.6 Å². The first-order chi connectivity index (χ1) is 17.1. The molecule has 4 rings (SSSR count). The molecule has 0 radical (unpaired) electrons. The summed E-state index contributed by atoms with van der Waals surface area (Å²) in [5, 5.41) is 3.68. The zero-order valence-electron chi connectivity index (χ0n) is 21.6. The zero-order chi connectivity index (χ0) is 26.0. The quantitative estimate of drug-likeness (QED) is 0.579. The van der Waals surface area contributed by atoms with Gasteiger partial charge in [-0.2, -0.15) is 0 Å². The lowest BCUT2D eigenvalue weighted by atomic mass is 9.89. The summed E-state index contributed by atoms with van der Waals surface area (Å²) in [7, 11) is 0. The molecule has 0 aliphatic carbocycles. The van der Waals surface area contributed by atoms with E-state index in [0.717, 1.165) is 50.6 Å². The number of benzene rings is 1. The molecule has 2 aliphatic rings. The minimum atomic E-state index is -0.361. The summed E-state index contributed by atoms with van der Waals surface area (Å²) in [6.45, 7) is 13.8. The van der Waals surface area contributed by atoms with Crippen LogP contribution in [0.5, 0.6) is 0 Å². The van der Waals surface area contributed by atoms with Crippen molar-refractivity contribution in [3.63, 3.8) is 0 Å². The third-order valence-corrected chi connectivity index (χ3v) is 8.17. The number of amides is 1. The van der Waals surface area contributed by atoms with Crippen LogP contribution in [0, 0.1) is 0 Å². The van der Waals surface area contributed by atoms with Gasteiger partial charge in [0.15, 0.2) is 22.5 Å². The number of nitrogen functional groups attached to an aromatic ring is 1. The van der Waals surface area contributed by atoms with Gasteiger partial charge in [0.1, 0.15) is 0 Å². The first kappa shape index (κ1) is 26.9. The Balaban J connectivity index is 1.37. The topological polar surface area (TPSA) is 90.6 Å². The van der Waals surface area contributed by atoms with E-state index in [9.17, 15) is 4.79 Å². The molecule has 2 aliphatic heterocycles. The van der Waals surface area contributed by atoms with Crippen LogP contribution in [0.2, 0.25) is 10.2 Å². The monoisotopic (exact) mass is 533 g/mol. The van der Waals surface area contributed by atoms with Crippen molar-refractivity contribution in [2.24, 2.45) is 0 Å². The molecular weight excluding hydrogens is 497 g/mol. The molecule has 3 heterocycles. The van der Waals surface area contributed by atoms with E-state index in [1.165, 1.54) is 5.56 Å². The average molecular weight is 535 g/mol. The molecule has 36 heavy (non-hydrogen) atoms. The van der Waals surface area contributed by atoms with Crippen LogP contribution in [0.1, 0.15) is 56.6 Å². The van der Waals surface area contributed by atoms with Crippen molar-refractivity contribution in [3.8, 4) is 0 Å². The zero-order valence-corrected chi connectivity index (χ0v) is 23.1. The van der Waals surface area contributed by atoms with Gasteiger partial charge < -0.3 is 16.0 Å². The maximum absolute atomic E-state index is 12.2. The van der Waals surface area contributed by atoms with Gasteiger partial charge in [-0.05, 0) is 58.2 Å². The minimum absolute atomic E-state index is 0.0323. The van der Waals surface area contributed by atoms with Crippen LogP contribution < -0.4 is 16.0 Å². The van der Waals surface area contributed by atoms with Gasteiger partial charge in [-0.1, -0.05) is 35.3 Å². The second kappa shape index (κ2) is 11.1. The second-order valence-corrected chi connectivity index (χ2v) is 11.0. The summed E-state index contributed by atoms with van der Waals surface area (Å²) >= 11 is 12.6. The molecule has 2 saturated heterocycles. The fourth-order valence-electron chi connectivity index (χ4n) is 5.53. The number of piperazine rings is 1. The Labute approximate surface area is 224 Å². The van der Waals surface area contributed by atoms with Crippen molar-refractivity contribution in [2.75, 3.05) is 49.9 Å². The van der Waals surface area contributed by atoms with E-state index in [1.54, 1.807) is 0 Å². The van der Waals surface area contributed by atoms with Crippen molar-refractivity contribution < 1.29 is 4.79 Å². The van der Waals surface area contributed by atoms with Gasteiger partial charge in [0.2, 0.25) is 0 Å². The van der Waals surface area contributed by atoms with Gasteiger partial charge in [-0.25, -0.2) is 9.97 Å². The minimum Gasteiger partial charge on any atom is -0.382 e. The Morgan fingerprint density at radius 3 is 2.39 bits per heavy atom. The molecule has 8 nitrogen and oxygen atoms in total. The Kier molecular flexibility index (Phi) is 8.29. The average Bonchev–Trinajstić information content (AvgIpc) is 2.85. The predicted molar refractivity (Wildman–Crippen MR) is 147 cm³/mol. The van der Waals surface area contributed by atoms with Crippen molar-refractivity contribution in [3.05, 3.63) is 45.7 Å². The van der Waals surface area contributed by atoms with Gasteiger partial charge in [0, 0.05) is 61.9 Å². The SMILES string of the molecule is CCNC(=O)c1nc(Cl)c(N2CCN(C3CCN(C(C)(C)c4ccc(Cl)cc4)CC3)[C@@H](C)C2)nc1N. The molecule has 3 N–H and O–H groups in total. The molecule has 1 atom stereocenters. The number of rotatable bonds is 6. The number of nitrogens with two attached hydrogens (primary N) is 1. The highest BCUT2D eigenvalue weighted by Crippen LogP contribution is 2.34. The Morgan fingerprint density at radius 2 is 1.78 bits per heavy atom. The fourth-order valence-corrected chi connectivity index (χ4v) is 5.91. The molecule has 196 valence electrons. The van der Waals surface area contributed by atoms with Crippen LogP contribution in [-0.4, -0.2) is 77.0 Å². The summed E-state index contributed by atoms with van der Waals surface area (Å²) in [6, 6.07) is 9.11. The van der Waals surface area contributed by atoms with E-state index in [2.05, 4.69) is 62.9 Å². The molecule has 0 saturated carbocycles. The number of nitrogens with zero attached hydrogens (tertiary/aromatic N) is 5. The molecule has 10 heteroatoms. The number of hydrogen-bond acceptors (Lipinski definition) is 7. The molecule has 1 aromatic heterocycles. The molecule has 2 aromatic rings. The van der Waals surface area contributed by atoms with E-state index in [1.807, 2.05) is 19.1 Å². The number of carbonyl (C=O) groups excluding carboxylic acids is 1. The Hall–Kier alpha value is -2.13. The highest BCUT2D eigenvalue weighted by molar-refractivity contribution is 6.32. The number of hydrogen-bond donors (Lipinski definition) is 2. The number of nitrogens with one attached hydrogen (secondary N) is 1. The van der Waals surface area contributed by atoms with Crippen LogP contribution in [-0.2, 0) is 5.54 Å². The van der Waals surface area contributed by atoms with Crippen LogP contribution in [0.25, 0.3) is 0 Å². The maximum Gasteiger partial charge on any atom is 0.273 e. The van der Waals surface area contributed by atoms with E-state index in [0.29, 0.717) is 24.4 Å².